The number of nitrogens with one attached hydrogen (secondary N) is 1. The molecule has 2 aromatic rings. The Hall–Kier alpha value is -1.92. The third-order valence-electron chi connectivity index (χ3n) is 3.94. The lowest BCUT2D eigenvalue weighted by molar-refractivity contribution is 0.0842. The molecule has 1 saturated carbocycles. The predicted molar refractivity (Wildman–Crippen MR) is 82.6 cm³/mol. The van der Waals surface area contributed by atoms with E-state index in [1.54, 1.807) is 0 Å². The number of amides is 1. The van der Waals surface area contributed by atoms with Gasteiger partial charge < -0.3 is 14.9 Å². The van der Waals surface area contributed by atoms with Gasteiger partial charge in [0, 0.05) is 11.6 Å². The Kier molecular flexibility index (Phi) is 4.63. The maximum atomic E-state index is 13.0. The second kappa shape index (κ2) is 6.68. The van der Waals surface area contributed by atoms with Crippen LogP contribution >= 0.6 is 11.6 Å². The Labute approximate surface area is 137 Å². The van der Waals surface area contributed by atoms with Crippen molar-refractivity contribution in [2.24, 2.45) is 0 Å². The Morgan fingerprint density at radius 1 is 1.35 bits per heavy atom. The minimum absolute atomic E-state index is 0.00828. The molecule has 1 aliphatic rings. The van der Waals surface area contributed by atoms with Gasteiger partial charge in [0.25, 0.3) is 5.91 Å². The lowest BCUT2D eigenvalue weighted by Gasteiger charge is -2.26. The van der Waals surface area contributed by atoms with Crippen LogP contribution in [-0.2, 0) is 0 Å². The molecule has 0 unspecified atom stereocenters. The first-order valence-electron chi connectivity index (χ1n) is 7.44. The summed E-state index contributed by atoms with van der Waals surface area (Å²) in [6.07, 6.45) is 2.55. The molecule has 1 aliphatic carbocycles. The van der Waals surface area contributed by atoms with Crippen LogP contribution in [-0.4, -0.2) is 28.3 Å². The van der Waals surface area contributed by atoms with Gasteiger partial charge in [0.2, 0.25) is 0 Å². The summed E-state index contributed by atoms with van der Waals surface area (Å²) >= 11 is 6.18. The summed E-state index contributed by atoms with van der Waals surface area (Å²) in [5.74, 6) is -0.593. The molecule has 0 saturated heterocycles. The summed E-state index contributed by atoms with van der Waals surface area (Å²) in [7, 11) is 0. The fraction of sp³-hybridized carbons (Fsp3) is 0.375. The monoisotopic (exact) mass is 338 g/mol. The molecule has 23 heavy (non-hydrogen) atoms. The first kappa shape index (κ1) is 16.0. The normalized spacial score (nSPS) is 21.2. The van der Waals surface area contributed by atoms with Crippen molar-refractivity contribution in [1.29, 1.82) is 0 Å². The van der Waals surface area contributed by atoms with Crippen molar-refractivity contribution in [2.75, 3.05) is 0 Å². The van der Waals surface area contributed by atoms with Gasteiger partial charge in [-0.25, -0.2) is 4.39 Å². The maximum Gasteiger partial charge on any atom is 0.275 e. The van der Waals surface area contributed by atoms with E-state index in [1.165, 1.54) is 24.3 Å². The van der Waals surface area contributed by atoms with E-state index in [9.17, 15) is 14.3 Å². The third kappa shape index (κ3) is 3.54. The van der Waals surface area contributed by atoms with Gasteiger partial charge in [-0.15, -0.1) is 0 Å². The number of benzene rings is 1. The van der Waals surface area contributed by atoms with Crippen LogP contribution in [0.15, 0.2) is 28.8 Å². The molecular formula is C16H16ClFN2O3. The van der Waals surface area contributed by atoms with Gasteiger partial charge in [-0.3, -0.25) is 4.79 Å². The van der Waals surface area contributed by atoms with Crippen molar-refractivity contribution in [3.63, 3.8) is 0 Å². The molecule has 1 aromatic carbocycles. The van der Waals surface area contributed by atoms with E-state index in [0.717, 1.165) is 19.3 Å². The smallest absolute Gasteiger partial charge is 0.275 e. The van der Waals surface area contributed by atoms with E-state index >= 15 is 0 Å². The van der Waals surface area contributed by atoms with Gasteiger partial charge >= 0.3 is 0 Å². The molecule has 3 rings (SSSR count). The van der Waals surface area contributed by atoms with Crippen molar-refractivity contribution in [3.05, 3.63) is 40.8 Å². The van der Waals surface area contributed by atoms with Crippen molar-refractivity contribution in [1.82, 2.24) is 10.5 Å². The summed E-state index contributed by atoms with van der Waals surface area (Å²) in [6, 6.07) is 5.45. The molecule has 0 spiro atoms. The van der Waals surface area contributed by atoms with E-state index in [2.05, 4.69) is 10.5 Å². The van der Waals surface area contributed by atoms with Crippen LogP contribution in [0.3, 0.4) is 0 Å². The molecule has 1 fully saturated rings. The first-order valence-corrected chi connectivity index (χ1v) is 7.82. The predicted octanol–water partition coefficient (Wildman–Crippen LogP) is 3.17. The average Bonchev–Trinajstić information content (AvgIpc) is 2.90. The Morgan fingerprint density at radius 2 is 2.09 bits per heavy atom. The third-order valence-corrected chi connectivity index (χ3v) is 4.29. The number of aliphatic hydroxyl groups is 1. The van der Waals surface area contributed by atoms with Crippen LogP contribution in [0.2, 0.25) is 5.02 Å². The highest BCUT2D eigenvalue weighted by molar-refractivity contribution is 6.35. The zero-order chi connectivity index (χ0) is 16.4. The number of rotatable bonds is 3. The van der Waals surface area contributed by atoms with E-state index in [-0.39, 0.29) is 28.3 Å². The zero-order valence-electron chi connectivity index (χ0n) is 12.3. The number of halogens is 2. The van der Waals surface area contributed by atoms with E-state index in [1.807, 2.05) is 0 Å². The summed E-state index contributed by atoms with van der Waals surface area (Å²) in [6.45, 7) is 0. The fourth-order valence-electron chi connectivity index (χ4n) is 2.75. The molecule has 122 valence electrons. The van der Waals surface area contributed by atoms with Gasteiger partial charge in [-0.05, 0) is 49.9 Å². The lowest BCUT2D eigenvalue weighted by Crippen LogP contribution is -2.40. The SMILES string of the molecule is O=C(N[C@@H]1CCC[C@H](O)C1)c1noc(-c2ccc(F)cc2)c1Cl. The number of hydrogen-bond acceptors (Lipinski definition) is 4. The highest BCUT2D eigenvalue weighted by Gasteiger charge is 2.26. The lowest BCUT2D eigenvalue weighted by atomic mass is 9.93. The number of aliphatic hydroxyl groups excluding tert-OH is 1. The van der Waals surface area contributed by atoms with E-state index in [0.29, 0.717) is 12.0 Å². The highest BCUT2D eigenvalue weighted by atomic mass is 35.5. The molecule has 5 nitrogen and oxygen atoms in total. The number of aromatic nitrogens is 1. The standard InChI is InChI=1S/C16H16ClFN2O3/c17-13-14(16(22)19-11-2-1-3-12(21)8-11)20-23-15(13)9-4-6-10(18)7-5-9/h4-7,11-12,21H,1-3,8H2,(H,19,22)/t11-,12+/m1/s1. The second-order valence-corrected chi connectivity index (χ2v) is 6.05. The first-order chi connectivity index (χ1) is 11.0. The number of nitrogens with zero attached hydrogens (tertiary/aromatic N) is 1. The maximum absolute atomic E-state index is 13.0. The van der Waals surface area contributed by atoms with Crippen LogP contribution in [0.4, 0.5) is 4.39 Å². The van der Waals surface area contributed by atoms with Crippen molar-refractivity contribution in [3.8, 4) is 11.3 Å². The molecular weight excluding hydrogens is 323 g/mol. The van der Waals surface area contributed by atoms with Crippen LogP contribution in [0.1, 0.15) is 36.2 Å². The Balaban J connectivity index is 1.75. The molecule has 1 heterocycles. The summed E-state index contributed by atoms with van der Waals surface area (Å²) in [4.78, 5) is 12.3. The Bertz CT molecular complexity index is 702. The molecule has 2 N–H and O–H groups in total. The van der Waals surface area contributed by atoms with Crippen LogP contribution in [0.5, 0.6) is 0 Å². The largest absolute Gasteiger partial charge is 0.393 e. The van der Waals surface area contributed by atoms with Gasteiger partial charge in [-0.2, -0.15) is 0 Å². The van der Waals surface area contributed by atoms with Crippen molar-refractivity contribution in [2.45, 2.75) is 37.8 Å². The summed E-state index contributed by atoms with van der Waals surface area (Å²) in [5.41, 5.74) is 0.530. The number of hydrogen-bond donors (Lipinski definition) is 2. The summed E-state index contributed by atoms with van der Waals surface area (Å²) in [5, 5.41) is 16.3. The minimum atomic E-state index is -0.439. The molecule has 0 bridgehead atoms. The van der Waals surface area contributed by atoms with Gasteiger partial charge in [0.05, 0.1) is 6.10 Å². The molecule has 1 amide bonds. The molecule has 7 heteroatoms. The quantitative estimate of drug-likeness (QED) is 0.901. The van der Waals surface area contributed by atoms with Gasteiger partial charge in [0.15, 0.2) is 11.5 Å². The second-order valence-electron chi connectivity index (χ2n) is 5.67. The average molecular weight is 339 g/mol. The molecule has 1 aromatic heterocycles. The van der Waals surface area contributed by atoms with E-state index < -0.39 is 12.0 Å². The summed E-state index contributed by atoms with van der Waals surface area (Å²) < 4.78 is 18.1. The molecule has 2 atom stereocenters. The topological polar surface area (TPSA) is 75.4 Å². The van der Waals surface area contributed by atoms with Crippen molar-refractivity contribution < 1.29 is 18.8 Å². The van der Waals surface area contributed by atoms with Crippen LogP contribution in [0.25, 0.3) is 11.3 Å². The van der Waals surface area contributed by atoms with E-state index in [4.69, 9.17) is 16.1 Å². The van der Waals surface area contributed by atoms with Crippen LogP contribution < -0.4 is 5.32 Å². The highest BCUT2D eigenvalue weighted by Crippen LogP contribution is 2.31. The Morgan fingerprint density at radius 3 is 2.78 bits per heavy atom. The van der Waals surface area contributed by atoms with Gasteiger partial charge in [0.1, 0.15) is 10.8 Å². The van der Waals surface area contributed by atoms with Crippen LogP contribution in [0, 0.1) is 5.82 Å². The van der Waals surface area contributed by atoms with Crippen molar-refractivity contribution >= 4 is 17.5 Å². The number of carbonyl (C=O) groups is 1. The number of carbonyl (C=O) groups excluding carboxylic acids is 1. The van der Waals surface area contributed by atoms with Gasteiger partial charge in [-0.1, -0.05) is 16.8 Å². The zero-order valence-corrected chi connectivity index (χ0v) is 13.0. The minimum Gasteiger partial charge on any atom is -0.393 e. The fourth-order valence-corrected chi connectivity index (χ4v) is 3.01. The molecule has 0 aliphatic heterocycles. The molecule has 0 radical (unpaired) electrons.